The van der Waals surface area contributed by atoms with E-state index >= 15 is 0 Å². The standard InChI is InChI=1S/C12H22N2O4/c1-3-13(7-8-18-2)12(17)14-6-4-5-10(9-14)11(15)16/h10H,3-9H2,1-2H3,(H,15,16). The lowest BCUT2D eigenvalue weighted by atomic mass is 9.99. The second-order valence-electron chi connectivity index (χ2n) is 4.48. The van der Waals surface area contributed by atoms with E-state index in [1.807, 2.05) is 6.92 Å². The molecule has 0 aliphatic carbocycles. The van der Waals surface area contributed by atoms with Gasteiger partial charge in [-0.25, -0.2) is 4.79 Å². The number of nitrogens with zero attached hydrogens (tertiary/aromatic N) is 2. The Hall–Kier alpha value is -1.30. The lowest BCUT2D eigenvalue weighted by molar-refractivity contribution is -0.143. The SMILES string of the molecule is CCN(CCOC)C(=O)N1CCCC(C(=O)O)C1. The quantitative estimate of drug-likeness (QED) is 0.794. The first kappa shape index (κ1) is 14.8. The third-order valence-electron chi connectivity index (χ3n) is 3.26. The minimum Gasteiger partial charge on any atom is -0.481 e. The Kier molecular flexibility index (Phi) is 5.91. The summed E-state index contributed by atoms with van der Waals surface area (Å²) in [7, 11) is 1.60. The van der Waals surface area contributed by atoms with Crippen molar-refractivity contribution in [2.24, 2.45) is 5.92 Å². The monoisotopic (exact) mass is 258 g/mol. The number of amides is 2. The molecule has 1 aliphatic heterocycles. The van der Waals surface area contributed by atoms with Gasteiger partial charge in [-0.15, -0.1) is 0 Å². The van der Waals surface area contributed by atoms with Crippen molar-refractivity contribution in [3.8, 4) is 0 Å². The summed E-state index contributed by atoms with van der Waals surface area (Å²) in [5, 5.41) is 9.00. The van der Waals surface area contributed by atoms with Crippen LogP contribution in [-0.4, -0.2) is 66.8 Å². The maximum atomic E-state index is 12.2. The Morgan fingerprint density at radius 1 is 1.50 bits per heavy atom. The number of carboxylic acid groups (broad SMARTS) is 1. The average molecular weight is 258 g/mol. The number of carboxylic acids is 1. The van der Waals surface area contributed by atoms with Crippen molar-refractivity contribution < 1.29 is 19.4 Å². The second kappa shape index (κ2) is 7.20. The van der Waals surface area contributed by atoms with E-state index in [2.05, 4.69) is 0 Å². The van der Waals surface area contributed by atoms with E-state index in [9.17, 15) is 9.59 Å². The van der Waals surface area contributed by atoms with Gasteiger partial charge in [-0.3, -0.25) is 4.79 Å². The zero-order valence-electron chi connectivity index (χ0n) is 11.1. The van der Waals surface area contributed by atoms with Gasteiger partial charge in [0.15, 0.2) is 0 Å². The Morgan fingerprint density at radius 2 is 2.22 bits per heavy atom. The summed E-state index contributed by atoms with van der Waals surface area (Å²) < 4.78 is 4.96. The van der Waals surface area contributed by atoms with Crippen LogP contribution >= 0.6 is 0 Å². The van der Waals surface area contributed by atoms with Crippen molar-refractivity contribution >= 4 is 12.0 Å². The number of likely N-dealkylation sites (N-methyl/N-ethyl adjacent to an activating group) is 1. The lowest BCUT2D eigenvalue weighted by Crippen LogP contribution is -2.49. The van der Waals surface area contributed by atoms with E-state index in [-0.39, 0.29) is 6.03 Å². The largest absolute Gasteiger partial charge is 0.481 e. The van der Waals surface area contributed by atoms with Gasteiger partial charge in [-0.1, -0.05) is 0 Å². The third-order valence-corrected chi connectivity index (χ3v) is 3.26. The van der Waals surface area contributed by atoms with Crippen molar-refractivity contribution in [1.82, 2.24) is 9.80 Å². The molecule has 0 spiro atoms. The number of piperidine rings is 1. The van der Waals surface area contributed by atoms with Gasteiger partial charge in [-0.05, 0) is 19.8 Å². The van der Waals surface area contributed by atoms with Gasteiger partial charge in [-0.2, -0.15) is 0 Å². The van der Waals surface area contributed by atoms with Crippen molar-refractivity contribution in [3.05, 3.63) is 0 Å². The molecule has 6 heteroatoms. The Bertz CT molecular complexity index is 296. The molecule has 0 radical (unpaired) electrons. The molecule has 0 aromatic rings. The van der Waals surface area contributed by atoms with E-state index in [4.69, 9.17) is 9.84 Å². The predicted molar refractivity (Wildman–Crippen MR) is 66.5 cm³/mol. The van der Waals surface area contributed by atoms with Gasteiger partial charge in [0, 0.05) is 33.3 Å². The first-order valence-electron chi connectivity index (χ1n) is 6.35. The molecule has 1 saturated heterocycles. The molecule has 1 fully saturated rings. The molecular formula is C12H22N2O4. The smallest absolute Gasteiger partial charge is 0.320 e. The van der Waals surface area contributed by atoms with Crippen LogP contribution in [0.2, 0.25) is 0 Å². The molecule has 0 aromatic heterocycles. The molecule has 0 bridgehead atoms. The highest BCUT2D eigenvalue weighted by Crippen LogP contribution is 2.17. The highest BCUT2D eigenvalue weighted by molar-refractivity contribution is 5.76. The second-order valence-corrected chi connectivity index (χ2v) is 4.48. The van der Waals surface area contributed by atoms with E-state index in [0.717, 1.165) is 6.42 Å². The van der Waals surface area contributed by atoms with Gasteiger partial charge in [0.25, 0.3) is 0 Å². The van der Waals surface area contributed by atoms with Gasteiger partial charge >= 0.3 is 12.0 Å². The summed E-state index contributed by atoms with van der Waals surface area (Å²) in [6.45, 7) is 4.52. The number of hydrogen-bond donors (Lipinski definition) is 1. The molecule has 104 valence electrons. The molecule has 1 rings (SSSR count). The minimum absolute atomic E-state index is 0.0829. The molecule has 0 saturated carbocycles. The number of hydrogen-bond acceptors (Lipinski definition) is 3. The summed E-state index contributed by atoms with van der Waals surface area (Å²) in [5.74, 6) is -1.24. The molecule has 1 aliphatic rings. The Morgan fingerprint density at radius 3 is 2.78 bits per heavy atom. The number of ether oxygens (including phenoxy) is 1. The molecule has 1 N–H and O–H groups in total. The molecule has 1 heterocycles. The van der Waals surface area contributed by atoms with E-state index in [0.29, 0.717) is 39.2 Å². The van der Waals surface area contributed by atoms with Crippen LogP contribution in [0, 0.1) is 5.92 Å². The average Bonchev–Trinajstić information content (AvgIpc) is 2.39. The highest BCUT2D eigenvalue weighted by atomic mass is 16.5. The van der Waals surface area contributed by atoms with Gasteiger partial charge in [0.05, 0.1) is 12.5 Å². The normalized spacial score (nSPS) is 19.7. The summed E-state index contributed by atoms with van der Waals surface area (Å²) in [6, 6.07) is -0.0829. The first-order chi connectivity index (χ1) is 8.60. The maximum absolute atomic E-state index is 12.2. The van der Waals surface area contributed by atoms with Crippen LogP contribution in [0.25, 0.3) is 0 Å². The fraction of sp³-hybridized carbons (Fsp3) is 0.833. The van der Waals surface area contributed by atoms with Crippen LogP contribution in [0.15, 0.2) is 0 Å². The van der Waals surface area contributed by atoms with Crippen molar-refractivity contribution in [2.45, 2.75) is 19.8 Å². The summed E-state index contributed by atoms with van der Waals surface area (Å²) in [5.41, 5.74) is 0. The summed E-state index contributed by atoms with van der Waals surface area (Å²) >= 11 is 0. The Labute approximate surface area is 107 Å². The number of methoxy groups -OCH3 is 1. The number of carbonyl (C=O) groups is 2. The third kappa shape index (κ3) is 3.87. The number of urea groups is 1. The van der Waals surface area contributed by atoms with Crippen LogP contribution < -0.4 is 0 Å². The van der Waals surface area contributed by atoms with E-state index in [1.165, 1.54) is 0 Å². The summed E-state index contributed by atoms with van der Waals surface area (Å²) in [4.78, 5) is 26.5. The zero-order chi connectivity index (χ0) is 13.5. The van der Waals surface area contributed by atoms with Crippen LogP contribution in [0.3, 0.4) is 0 Å². The fourth-order valence-corrected chi connectivity index (χ4v) is 2.14. The van der Waals surface area contributed by atoms with Crippen molar-refractivity contribution in [3.63, 3.8) is 0 Å². The van der Waals surface area contributed by atoms with Crippen molar-refractivity contribution in [2.75, 3.05) is 39.9 Å². The summed E-state index contributed by atoms with van der Waals surface area (Å²) in [6.07, 6.45) is 1.41. The zero-order valence-corrected chi connectivity index (χ0v) is 11.1. The fourth-order valence-electron chi connectivity index (χ4n) is 2.14. The maximum Gasteiger partial charge on any atom is 0.320 e. The van der Waals surface area contributed by atoms with E-state index in [1.54, 1.807) is 16.9 Å². The van der Waals surface area contributed by atoms with Gasteiger partial charge in [0.1, 0.15) is 0 Å². The number of aliphatic carboxylic acids is 1. The number of likely N-dealkylation sites (tertiary alicyclic amines) is 1. The highest BCUT2D eigenvalue weighted by Gasteiger charge is 2.29. The molecule has 1 unspecified atom stereocenters. The number of carbonyl (C=O) groups excluding carboxylic acids is 1. The molecular weight excluding hydrogens is 236 g/mol. The molecule has 2 amide bonds. The first-order valence-corrected chi connectivity index (χ1v) is 6.35. The molecule has 6 nitrogen and oxygen atoms in total. The van der Waals surface area contributed by atoms with Crippen LogP contribution in [0.4, 0.5) is 4.79 Å². The molecule has 18 heavy (non-hydrogen) atoms. The predicted octanol–water partition coefficient (Wildman–Crippen LogP) is 0.871. The van der Waals surface area contributed by atoms with Crippen LogP contribution in [0.1, 0.15) is 19.8 Å². The molecule has 1 atom stereocenters. The minimum atomic E-state index is -0.813. The number of rotatable bonds is 5. The lowest BCUT2D eigenvalue weighted by Gasteiger charge is -2.34. The van der Waals surface area contributed by atoms with Crippen LogP contribution in [-0.2, 0) is 9.53 Å². The van der Waals surface area contributed by atoms with Crippen LogP contribution in [0.5, 0.6) is 0 Å². The van der Waals surface area contributed by atoms with Crippen molar-refractivity contribution in [1.29, 1.82) is 0 Å². The van der Waals surface area contributed by atoms with Gasteiger partial charge < -0.3 is 19.6 Å². The Balaban J connectivity index is 2.55. The topological polar surface area (TPSA) is 70.1 Å². The van der Waals surface area contributed by atoms with E-state index < -0.39 is 11.9 Å². The van der Waals surface area contributed by atoms with Gasteiger partial charge in [0.2, 0.25) is 0 Å². The molecule has 0 aromatic carbocycles.